The highest BCUT2D eigenvalue weighted by Crippen LogP contribution is 2.29. The fraction of sp³-hybridized carbons (Fsp3) is 0.438. The van der Waals surface area contributed by atoms with E-state index in [0.29, 0.717) is 6.42 Å². The lowest BCUT2D eigenvalue weighted by Crippen LogP contribution is -2.45. The molecule has 4 N–H and O–H groups in total. The van der Waals surface area contributed by atoms with Gasteiger partial charge in [0.1, 0.15) is 6.04 Å². The summed E-state index contributed by atoms with van der Waals surface area (Å²) in [5.41, 5.74) is 0.527. The number of nitrogens with one attached hydrogen (secondary N) is 3. The molecular formula is C16H19F3N4O3. The number of imidazole rings is 1. The van der Waals surface area contributed by atoms with Gasteiger partial charge in [-0.1, -0.05) is 20.3 Å². The minimum absolute atomic E-state index is 0.121. The zero-order chi connectivity index (χ0) is 19.5. The van der Waals surface area contributed by atoms with Crippen molar-refractivity contribution in [2.75, 3.05) is 11.9 Å². The van der Waals surface area contributed by atoms with Crippen LogP contribution in [0.1, 0.15) is 26.1 Å². The van der Waals surface area contributed by atoms with Gasteiger partial charge in [-0.25, -0.2) is 4.98 Å². The van der Waals surface area contributed by atoms with E-state index in [1.165, 1.54) is 18.2 Å². The molecule has 0 saturated carbocycles. The van der Waals surface area contributed by atoms with Crippen LogP contribution >= 0.6 is 0 Å². The number of amides is 1. The van der Waals surface area contributed by atoms with E-state index < -0.39 is 29.9 Å². The summed E-state index contributed by atoms with van der Waals surface area (Å²) in [6.07, 6.45) is -3.96. The Labute approximate surface area is 147 Å². The first-order valence-electron chi connectivity index (χ1n) is 7.94. The number of halogens is 3. The van der Waals surface area contributed by atoms with Crippen molar-refractivity contribution >= 4 is 28.6 Å². The van der Waals surface area contributed by atoms with Crippen molar-refractivity contribution in [1.82, 2.24) is 15.3 Å². The Balaban J connectivity index is 2.03. The third-order valence-corrected chi connectivity index (χ3v) is 4.00. The Morgan fingerprint density at radius 3 is 2.62 bits per heavy atom. The number of carbonyl (C=O) groups is 2. The predicted octanol–water partition coefficient (Wildman–Crippen LogP) is 2.61. The van der Waals surface area contributed by atoms with Crippen molar-refractivity contribution in [3.8, 4) is 0 Å². The molecule has 1 aromatic heterocycles. The number of carbonyl (C=O) groups excluding carboxylic acids is 1. The van der Waals surface area contributed by atoms with E-state index in [4.69, 9.17) is 5.11 Å². The number of carboxylic acid groups (broad SMARTS) is 1. The number of hydrogen-bond acceptors (Lipinski definition) is 4. The average Bonchev–Trinajstić information content (AvgIpc) is 2.98. The molecule has 0 radical (unpaired) electrons. The lowest BCUT2D eigenvalue weighted by molar-refractivity contribution is -0.144. The molecule has 142 valence electrons. The molecule has 1 heterocycles. The standard InChI is InChI=1S/C16H19F3N4O3/c1-3-8(2)13(14(25)26)20-7-12(24)21-9-4-5-10-11(6-9)23-15(22-10)16(17,18)19/h4-6,8,13,20H,3,7H2,1-2H3,(H,21,24)(H,22,23)(H,25,26)/t8-,13-/m0/s1. The van der Waals surface area contributed by atoms with Crippen molar-refractivity contribution < 1.29 is 27.9 Å². The van der Waals surface area contributed by atoms with Gasteiger partial charge in [0.2, 0.25) is 11.7 Å². The lowest BCUT2D eigenvalue weighted by atomic mass is 9.99. The molecule has 0 fully saturated rings. The van der Waals surface area contributed by atoms with Crippen LogP contribution in [0.3, 0.4) is 0 Å². The molecular weight excluding hydrogens is 353 g/mol. The average molecular weight is 372 g/mol. The quantitative estimate of drug-likeness (QED) is 0.598. The zero-order valence-electron chi connectivity index (χ0n) is 14.1. The largest absolute Gasteiger partial charge is 0.480 e. The van der Waals surface area contributed by atoms with Crippen LogP contribution in [0.2, 0.25) is 0 Å². The minimum atomic E-state index is -4.59. The van der Waals surface area contributed by atoms with Gasteiger partial charge >= 0.3 is 12.1 Å². The number of aliphatic carboxylic acids is 1. The molecule has 1 aromatic carbocycles. The maximum Gasteiger partial charge on any atom is 0.449 e. The Morgan fingerprint density at radius 2 is 2.04 bits per heavy atom. The van der Waals surface area contributed by atoms with Crippen LogP contribution in [-0.2, 0) is 15.8 Å². The van der Waals surface area contributed by atoms with Crippen LogP contribution in [-0.4, -0.2) is 39.5 Å². The number of carboxylic acids is 1. The molecule has 0 aliphatic rings. The van der Waals surface area contributed by atoms with Crippen molar-refractivity contribution in [2.24, 2.45) is 5.92 Å². The van der Waals surface area contributed by atoms with E-state index in [-0.39, 0.29) is 29.2 Å². The zero-order valence-corrected chi connectivity index (χ0v) is 14.1. The van der Waals surface area contributed by atoms with E-state index in [9.17, 15) is 22.8 Å². The molecule has 1 amide bonds. The number of aromatic amines is 1. The first-order valence-corrected chi connectivity index (χ1v) is 7.94. The normalized spacial score (nSPS) is 14.2. The summed E-state index contributed by atoms with van der Waals surface area (Å²) < 4.78 is 38.0. The van der Waals surface area contributed by atoms with E-state index in [0.717, 1.165) is 0 Å². The Kier molecular flexibility index (Phi) is 5.86. The number of hydrogen-bond donors (Lipinski definition) is 4. The van der Waals surface area contributed by atoms with Gasteiger partial charge in [-0.3, -0.25) is 14.9 Å². The fourth-order valence-electron chi connectivity index (χ4n) is 2.40. The number of aromatic nitrogens is 2. The van der Waals surface area contributed by atoms with Crippen LogP contribution in [0.5, 0.6) is 0 Å². The van der Waals surface area contributed by atoms with E-state index in [1.807, 2.05) is 6.92 Å². The summed E-state index contributed by atoms with van der Waals surface area (Å²) in [6.45, 7) is 3.36. The van der Waals surface area contributed by atoms with Crippen molar-refractivity contribution in [2.45, 2.75) is 32.5 Å². The van der Waals surface area contributed by atoms with Gasteiger partial charge in [-0.15, -0.1) is 0 Å². The number of alkyl halides is 3. The summed E-state index contributed by atoms with van der Waals surface area (Å²) in [6, 6.07) is 3.24. The molecule has 0 aliphatic heterocycles. The molecule has 2 aromatic rings. The van der Waals surface area contributed by atoms with Gasteiger partial charge in [0.15, 0.2) is 0 Å². The molecule has 2 atom stereocenters. The number of benzene rings is 1. The number of H-pyrrole nitrogens is 1. The van der Waals surface area contributed by atoms with Crippen LogP contribution in [0, 0.1) is 5.92 Å². The smallest absolute Gasteiger partial charge is 0.449 e. The number of anilines is 1. The highest BCUT2D eigenvalue weighted by atomic mass is 19.4. The Bertz CT molecular complexity index is 804. The maximum absolute atomic E-state index is 12.7. The number of rotatable bonds is 7. The number of fused-ring (bicyclic) bond motifs is 1. The predicted molar refractivity (Wildman–Crippen MR) is 88.6 cm³/mol. The van der Waals surface area contributed by atoms with Gasteiger partial charge in [0.05, 0.1) is 17.6 Å². The molecule has 2 rings (SSSR count). The molecule has 0 bridgehead atoms. The second-order valence-electron chi connectivity index (χ2n) is 5.95. The van der Waals surface area contributed by atoms with Crippen LogP contribution in [0.4, 0.5) is 18.9 Å². The van der Waals surface area contributed by atoms with Crippen LogP contribution in [0.25, 0.3) is 11.0 Å². The van der Waals surface area contributed by atoms with Crippen molar-refractivity contribution in [1.29, 1.82) is 0 Å². The summed E-state index contributed by atoms with van der Waals surface area (Å²) in [5.74, 6) is -2.84. The Hall–Kier alpha value is -2.62. The molecule has 10 heteroatoms. The SMILES string of the molecule is CC[C@H](C)[C@H](NCC(=O)Nc1ccc2nc(C(F)(F)F)[nH]c2c1)C(=O)O. The van der Waals surface area contributed by atoms with Gasteiger partial charge in [-0.2, -0.15) is 13.2 Å². The third kappa shape index (κ3) is 4.72. The second kappa shape index (κ2) is 7.73. The maximum atomic E-state index is 12.7. The minimum Gasteiger partial charge on any atom is -0.480 e. The van der Waals surface area contributed by atoms with Gasteiger partial charge in [0, 0.05) is 5.69 Å². The number of nitrogens with zero attached hydrogens (tertiary/aromatic N) is 1. The second-order valence-corrected chi connectivity index (χ2v) is 5.95. The fourth-order valence-corrected chi connectivity index (χ4v) is 2.40. The van der Waals surface area contributed by atoms with Gasteiger partial charge < -0.3 is 15.4 Å². The summed E-state index contributed by atoms with van der Waals surface area (Å²) in [4.78, 5) is 28.8. The monoisotopic (exact) mass is 372 g/mol. The molecule has 0 unspecified atom stereocenters. The third-order valence-electron chi connectivity index (χ3n) is 4.00. The van der Waals surface area contributed by atoms with E-state index in [1.54, 1.807) is 6.92 Å². The summed E-state index contributed by atoms with van der Waals surface area (Å²) >= 11 is 0. The first-order chi connectivity index (χ1) is 12.1. The van der Waals surface area contributed by atoms with E-state index in [2.05, 4.69) is 20.6 Å². The topological polar surface area (TPSA) is 107 Å². The van der Waals surface area contributed by atoms with Crippen molar-refractivity contribution in [3.05, 3.63) is 24.0 Å². The van der Waals surface area contributed by atoms with Crippen LogP contribution < -0.4 is 10.6 Å². The molecule has 0 saturated heterocycles. The molecule has 26 heavy (non-hydrogen) atoms. The molecule has 7 nitrogen and oxygen atoms in total. The summed E-state index contributed by atoms with van der Waals surface area (Å²) in [5, 5.41) is 14.3. The summed E-state index contributed by atoms with van der Waals surface area (Å²) in [7, 11) is 0. The van der Waals surface area contributed by atoms with Gasteiger partial charge in [0.25, 0.3) is 0 Å². The highest BCUT2D eigenvalue weighted by Gasteiger charge is 2.34. The lowest BCUT2D eigenvalue weighted by Gasteiger charge is -2.19. The van der Waals surface area contributed by atoms with Gasteiger partial charge in [-0.05, 0) is 24.1 Å². The van der Waals surface area contributed by atoms with Crippen molar-refractivity contribution in [3.63, 3.8) is 0 Å². The molecule has 0 aliphatic carbocycles. The van der Waals surface area contributed by atoms with E-state index >= 15 is 0 Å². The van der Waals surface area contributed by atoms with Crippen LogP contribution in [0.15, 0.2) is 18.2 Å². The Morgan fingerprint density at radius 1 is 1.35 bits per heavy atom. The highest BCUT2D eigenvalue weighted by molar-refractivity contribution is 5.94. The first kappa shape index (κ1) is 19.7. The molecule has 0 spiro atoms.